The van der Waals surface area contributed by atoms with E-state index in [0.717, 1.165) is 23.7 Å². The lowest BCUT2D eigenvalue weighted by Gasteiger charge is -2.27. The summed E-state index contributed by atoms with van der Waals surface area (Å²) in [7, 11) is 0. The van der Waals surface area contributed by atoms with Crippen molar-refractivity contribution in [3.8, 4) is 0 Å². The van der Waals surface area contributed by atoms with E-state index in [4.69, 9.17) is 21.4 Å². The summed E-state index contributed by atoms with van der Waals surface area (Å²) in [5, 5.41) is 8.98. The Morgan fingerprint density at radius 3 is 3.06 bits per heavy atom. The zero-order valence-electron chi connectivity index (χ0n) is 9.43. The molecule has 1 N–H and O–H groups in total. The van der Waals surface area contributed by atoms with Crippen LogP contribution in [0.3, 0.4) is 0 Å². The smallest absolute Gasteiger partial charge is 0.346 e. The van der Waals surface area contributed by atoms with Crippen molar-refractivity contribution in [2.75, 3.05) is 6.61 Å². The first-order valence-corrected chi connectivity index (χ1v) is 6.94. The van der Waals surface area contributed by atoms with Gasteiger partial charge < -0.3 is 14.4 Å². The maximum absolute atomic E-state index is 10.9. The summed E-state index contributed by atoms with van der Waals surface area (Å²) in [4.78, 5) is 16.5. The number of hydrogen-bond acceptors (Lipinski definition) is 4. The Labute approximate surface area is 112 Å². The summed E-state index contributed by atoms with van der Waals surface area (Å²) >= 11 is 7.10. The van der Waals surface area contributed by atoms with Gasteiger partial charge in [0.05, 0.1) is 18.5 Å². The summed E-state index contributed by atoms with van der Waals surface area (Å²) in [5.74, 6) is 0.165. The molecule has 1 aliphatic rings. The first-order chi connectivity index (χ1) is 8.69. The van der Waals surface area contributed by atoms with Crippen molar-refractivity contribution in [1.29, 1.82) is 0 Å². The standard InChI is InChI=1S/C11H11ClN2O3S/c12-4-9-13-7-3-8(11(15)16)18-10(7)14(9)5-6-1-2-17-6/h3,6H,1-2,4-5H2,(H,15,16). The second-order valence-corrected chi connectivity index (χ2v) is 5.46. The van der Waals surface area contributed by atoms with Crippen molar-refractivity contribution in [1.82, 2.24) is 9.55 Å². The average Bonchev–Trinajstić information content (AvgIpc) is 2.80. The van der Waals surface area contributed by atoms with E-state index in [1.807, 2.05) is 4.57 Å². The lowest BCUT2D eigenvalue weighted by molar-refractivity contribution is -0.0588. The molecule has 5 nitrogen and oxygen atoms in total. The van der Waals surface area contributed by atoms with Crippen molar-refractivity contribution >= 4 is 39.3 Å². The SMILES string of the molecule is O=C(O)c1cc2nc(CCl)n(CC3CCO3)c2s1. The van der Waals surface area contributed by atoms with Crippen LogP contribution in [0.4, 0.5) is 0 Å². The van der Waals surface area contributed by atoms with Gasteiger partial charge in [-0.25, -0.2) is 9.78 Å². The number of aromatic nitrogens is 2. The van der Waals surface area contributed by atoms with Gasteiger partial charge >= 0.3 is 5.97 Å². The van der Waals surface area contributed by atoms with Gasteiger partial charge in [-0.1, -0.05) is 0 Å². The Morgan fingerprint density at radius 1 is 1.72 bits per heavy atom. The molecular weight excluding hydrogens is 276 g/mol. The predicted molar refractivity (Wildman–Crippen MR) is 68.5 cm³/mol. The van der Waals surface area contributed by atoms with Gasteiger partial charge in [0.2, 0.25) is 0 Å². The topological polar surface area (TPSA) is 64.3 Å². The first-order valence-electron chi connectivity index (χ1n) is 5.59. The monoisotopic (exact) mass is 286 g/mol. The molecule has 1 saturated heterocycles. The lowest BCUT2D eigenvalue weighted by atomic mass is 10.2. The fourth-order valence-electron chi connectivity index (χ4n) is 1.99. The molecule has 18 heavy (non-hydrogen) atoms. The molecule has 2 aromatic heterocycles. The van der Waals surface area contributed by atoms with Crippen LogP contribution in [-0.4, -0.2) is 33.3 Å². The number of fused-ring (bicyclic) bond motifs is 1. The Hall–Kier alpha value is -1.11. The summed E-state index contributed by atoms with van der Waals surface area (Å²) in [5.41, 5.74) is 0.701. The molecule has 0 aliphatic carbocycles. The summed E-state index contributed by atoms with van der Waals surface area (Å²) in [6, 6.07) is 1.59. The van der Waals surface area contributed by atoms with Crippen LogP contribution in [0, 0.1) is 0 Å². The van der Waals surface area contributed by atoms with Crippen LogP contribution in [-0.2, 0) is 17.2 Å². The highest BCUT2D eigenvalue weighted by Crippen LogP contribution is 2.29. The lowest BCUT2D eigenvalue weighted by Crippen LogP contribution is -2.31. The second-order valence-electron chi connectivity index (χ2n) is 4.16. The number of imidazole rings is 1. The van der Waals surface area contributed by atoms with E-state index in [1.165, 1.54) is 11.3 Å². The van der Waals surface area contributed by atoms with E-state index in [2.05, 4.69) is 4.98 Å². The summed E-state index contributed by atoms with van der Waals surface area (Å²) < 4.78 is 7.38. The van der Waals surface area contributed by atoms with Gasteiger partial charge in [-0.2, -0.15) is 0 Å². The number of thiophene rings is 1. The minimum atomic E-state index is -0.920. The normalized spacial score (nSPS) is 19.1. The zero-order chi connectivity index (χ0) is 12.7. The van der Waals surface area contributed by atoms with Crippen LogP contribution in [0.1, 0.15) is 21.9 Å². The third-order valence-corrected chi connectivity index (χ3v) is 4.38. The van der Waals surface area contributed by atoms with Crippen molar-refractivity contribution < 1.29 is 14.6 Å². The van der Waals surface area contributed by atoms with Gasteiger partial charge in [0.15, 0.2) is 0 Å². The minimum Gasteiger partial charge on any atom is -0.477 e. The fraction of sp³-hybridized carbons (Fsp3) is 0.455. The highest BCUT2D eigenvalue weighted by molar-refractivity contribution is 7.20. The second kappa shape index (κ2) is 4.53. The van der Waals surface area contributed by atoms with E-state index >= 15 is 0 Å². The number of alkyl halides is 1. The molecule has 0 radical (unpaired) electrons. The highest BCUT2D eigenvalue weighted by atomic mass is 35.5. The van der Waals surface area contributed by atoms with E-state index in [9.17, 15) is 4.79 Å². The Kier molecular flexibility index (Phi) is 3.01. The zero-order valence-corrected chi connectivity index (χ0v) is 11.0. The number of carboxylic acid groups (broad SMARTS) is 1. The molecule has 2 aromatic rings. The van der Waals surface area contributed by atoms with Crippen LogP contribution in [0.5, 0.6) is 0 Å². The van der Waals surface area contributed by atoms with Gasteiger partial charge in [-0.05, 0) is 12.5 Å². The van der Waals surface area contributed by atoms with E-state index in [-0.39, 0.29) is 6.10 Å². The Morgan fingerprint density at radius 2 is 2.50 bits per heavy atom. The third kappa shape index (κ3) is 1.90. The molecule has 1 unspecified atom stereocenters. The fourth-order valence-corrected chi connectivity index (χ4v) is 3.16. The molecule has 1 fully saturated rings. The van der Waals surface area contributed by atoms with Crippen molar-refractivity contribution in [2.45, 2.75) is 24.9 Å². The highest BCUT2D eigenvalue weighted by Gasteiger charge is 2.23. The largest absolute Gasteiger partial charge is 0.477 e. The molecule has 3 rings (SSSR count). The van der Waals surface area contributed by atoms with Crippen molar-refractivity contribution in [3.63, 3.8) is 0 Å². The van der Waals surface area contributed by atoms with Gasteiger partial charge in [0, 0.05) is 6.61 Å². The van der Waals surface area contributed by atoms with E-state index in [0.29, 0.717) is 22.8 Å². The quantitative estimate of drug-likeness (QED) is 0.876. The number of nitrogens with zero attached hydrogens (tertiary/aromatic N) is 2. The summed E-state index contributed by atoms with van der Waals surface area (Å²) in [6.45, 7) is 1.49. The van der Waals surface area contributed by atoms with Crippen LogP contribution < -0.4 is 0 Å². The van der Waals surface area contributed by atoms with Crippen LogP contribution >= 0.6 is 22.9 Å². The maximum Gasteiger partial charge on any atom is 0.346 e. The molecule has 1 atom stereocenters. The Balaban J connectivity index is 2.03. The molecule has 0 aromatic carbocycles. The molecule has 96 valence electrons. The number of carboxylic acids is 1. The number of rotatable bonds is 4. The van der Waals surface area contributed by atoms with Crippen molar-refractivity contribution in [3.05, 3.63) is 16.8 Å². The van der Waals surface area contributed by atoms with E-state index in [1.54, 1.807) is 6.07 Å². The first kappa shape index (κ1) is 12.0. The van der Waals surface area contributed by atoms with Crippen molar-refractivity contribution in [2.24, 2.45) is 0 Å². The molecule has 0 saturated carbocycles. The molecule has 1 aliphatic heterocycles. The van der Waals surface area contributed by atoms with Crippen LogP contribution in [0.25, 0.3) is 10.3 Å². The molecule has 7 heteroatoms. The Bertz CT molecular complexity index is 603. The molecule has 0 spiro atoms. The average molecular weight is 287 g/mol. The number of ether oxygens (including phenoxy) is 1. The van der Waals surface area contributed by atoms with Gasteiger partial charge in [0.25, 0.3) is 0 Å². The predicted octanol–water partition coefficient (Wildman–Crippen LogP) is 2.32. The molecule has 0 bridgehead atoms. The molecule has 0 amide bonds. The molecule has 3 heterocycles. The third-order valence-electron chi connectivity index (χ3n) is 3.01. The minimum absolute atomic E-state index is 0.194. The van der Waals surface area contributed by atoms with Crippen LogP contribution in [0.15, 0.2) is 6.07 Å². The van der Waals surface area contributed by atoms with Gasteiger partial charge in [0.1, 0.15) is 21.0 Å². The molecular formula is C11H11ClN2O3S. The van der Waals surface area contributed by atoms with E-state index < -0.39 is 5.97 Å². The maximum atomic E-state index is 10.9. The number of hydrogen-bond donors (Lipinski definition) is 1. The number of aromatic carboxylic acids is 1. The summed E-state index contributed by atoms with van der Waals surface area (Å²) in [6.07, 6.45) is 1.22. The van der Waals surface area contributed by atoms with Gasteiger partial charge in [-0.15, -0.1) is 22.9 Å². The number of halogens is 1. The van der Waals surface area contributed by atoms with Crippen LogP contribution in [0.2, 0.25) is 0 Å². The van der Waals surface area contributed by atoms with Gasteiger partial charge in [-0.3, -0.25) is 0 Å². The number of carbonyl (C=O) groups is 1.